The van der Waals surface area contributed by atoms with Gasteiger partial charge in [-0.15, -0.1) is 0 Å². The van der Waals surface area contributed by atoms with Gasteiger partial charge in [-0.2, -0.15) is 10.4 Å². The molecule has 2 N–H and O–H groups in total. The average Bonchev–Trinajstić information content (AvgIpc) is 2.96. The van der Waals surface area contributed by atoms with Gasteiger partial charge in [0.2, 0.25) is 0 Å². The molecule has 0 aliphatic carbocycles. The minimum absolute atomic E-state index is 0.294. The molecule has 0 radical (unpaired) electrons. The van der Waals surface area contributed by atoms with Crippen LogP contribution in [-0.4, -0.2) is 34.3 Å². The lowest BCUT2D eigenvalue weighted by Gasteiger charge is -2.24. The minimum Gasteiger partial charge on any atom is -0.380 e. The van der Waals surface area contributed by atoms with Crippen LogP contribution in [0.15, 0.2) is 30.5 Å². The molecule has 25 heavy (non-hydrogen) atoms. The second-order valence-electron chi connectivity index (χ2n) is 6.06. The number of aromatic amines is 1. The summed E-state index contributed by atoms with van der Waals surface area (Å²) >= 11 is 0. The van der Waals surface area contributed by atoms with Crippen LogP contribution in [0.3, 0.4) is 0 Å². The highest BCUT2D eigenvalue weighted by Crippen LogP contribution is 2.30. The van der Waals surface area contributed by atoms with Crippen molar-refractivity contribution in [3.8, 4) is 6.07 Å². The zero-order valence-corrected chi connectivity index (χ0v) is 13.5. The molecule has 1 saturated heterocycles. The SMILES string of the molecule is Cc1cc(C#N)cnc1C(=O)Nc1ccc2[nH]nc(C3COC3)c2c1. The van der Waals surface area contributed by atoms with Crippen LogP contribution in [0.4, 0.5) is 5.69 Å². The predicted molar refractivity (Wildman–Crippen MR) is 91.3 cm³/mol. The number of nitrogens with zero attached hydrogens (tertiary/aromatic N) is 3. The highest BCUT2D eigenvalue weighted by Gasteiger charge is 2.25. The molecule has 1 aromatic carbocycles. The highest BCUT2D eigenvalue weighted by molar-refractivity contribution is 6.04. The lowest BCUT2D eigenvalue weighted by molar-refractivity contribution is 0.00725. The molecule has 124 valence electrons. The molecule has 0 spiro atoms. The molecule has 0 unspecified atom stereocenters. The fraction of sp³-hybridized carbons (Fsp3) is 0.222. The van der Waals surface area contributed by atoms with Crippen molar-refractivity contribution in [1.29, 1.82) is 5.26 Å². The first-order chi connectivity index (χ1) is 12.2. The highest BCUT2D eigenvalue weighted by atomic mass is 16.5. The number of carbonyl (C=O) groups excluding carboxylic acids is 1. The van der Waals surface area contributed by atoms with E-state index in [0.29, 0.717) is 41.6 Å². The van der Waals surface area contributed by atoms with E-state index < -0.39 is 0 Å². The summed E-state index contributed by atoms with van der Waals surface area (Å²) in [5, 5.41) is 20.1. The third-order valence-corrected chi connectivity index (χ3v) is 4.30. The number of aromatic nitrogens is 3. The van der Waals surface area contributed by atoms with Gasteiger partial charge in [0.1, 0.15) is 11.8 Å². The van der Waals surface area contributed by atoms with Crippen LogP contribution in [0, 0.1) is 18.3 Å². The van der Waals surface area contributed by atoms with E-state index >= 15 is 0 Å². The molecule has 3 heterocycles. The summed E-state index contributed by atoms with van der Waals surface area (Å²) in [5.41, 5.74) is 3.96. The van der Waals surface area contributed by atoms with Crippen molar-refractivity contribution < 1.29 is 9.53 Å². The first-order valence-electron chi connectivity index (χ1n) is 7.89. The van der Waals surface area contributed by atoms with Crippen LogP contribution in [0.2, 0.25) is 0 Å². The van der Waals surface area contributed by atoms with E-state index in [1.165, 1.54) is 6.20 Å². The van der Waals surface area contributed by atoms with E-state index in [0.717, 1.165) is 16.6 Å². The van der Waals surface area contributed by atoms with Crippen molar-refractivity contribution >= 4 is 22.5 Å². The van der Waals surface area contributed by atoms with E-state index in [4.69, 9.17) is 10.00 Å². The maximum atomic E-state index is 12.5. The second kappa shape index (κ2) is 6.00. The Bertz CT molecular complexity index is 1010. The number of hydrogen-bond acceptors (Lipinski definition) is 5. The zero-order chi connectivity index (χ0) is 17.4. The molecule has 1 amide bonds. The van der Waals surface area contributed by atoms with Crippen LogP contribution >= 0.6 is 0 Å². The van der Waals surface area contributed by atoms with Gasteiger partial charge in [0, 0.05) is 17.3 Å². The molecule has 0 atom stereocenters. The normalized spacial score (nSPS) is 14.1. The van der Waals surface area contributed by atoms with Crippen molar-refractivity contribution in [3.63, 3.8) is 0 Å². The van der Waals surface area contributed by atoms with Gasteiger partial charge in [0.25, 0.3) is 5.91 Å². The van der Waals surface area contributed by atoms with Gasteiger partial charge in [0.15, 0.2) is 0 Å². The lowest BCUT2D eigenvalue weighted by atomic mass is 10.0. The van der Waals surface area contributed by atoms with Gasteiger partial charge in [-0.25, -0.2) is 4.98 Å². The van der Waals surface area contributed by atoms with E-state index in [1.54, 1.807) is 13.0 Å². The molecule has 7 nitrogen and oxygen atoms in total. The molecule has 1 fully saturated rings. The lowest BCUT2D eigenvalue weighted by Crippen LogP contribution is -2.25. The van der Waals surface area contributed by atoms with Crippen molar-refractivity contribution in [1.82, 2.24) is 15.2 Å². The number of amides is 1. The van der Waals surface area contributed by atoms with Crippen molar-refractivity contribution in [2.75, 3.05) is 18.5 Å². The number of carbonyl (C=O) groups is 1. The molecular formula is C18H15N5O2. The maximum absolute atomic E-state index is 12.5. The second-order valence-corrected chi connectivity index (χ2v) is 6.06. The van der Waals surface area contributed by atoms with Gasteiger partial charge < -0.3 is 10.1 Å². The molecule has 7 heteroatoms. The minimum atomic E-state index is -0.307. The van der Waals surface area contributed by atoms with E-state index in [-0.39, 0.29) is 5.91 Å². The van der Waals surface area contributed by atoms with Crippen LogP contribution in [0.5, 0.6) is 0 Å². The molecule has 3 aromatic rings. The van der Waals surface area contributed by atoms with Crippen LogP contribution in [0.25, 0.3) is 10.9 Å². The first-order valence-corrected chi connectivity index (χ1v) is 7.89. The largest absolute Gasteiger partial charge is 0.380 e. The van der Waals surface area contributed by atoms with Gasteiger partial charge in [0.05, 0.1) is 35.9 Å². The fourth-order valence-electron chi connectivity index (χ4n) is 2.88. The summed E-state index contributed by atoms with van der Waals surface area (Å²) in [6.07, 6.45) is 1.40. The van der Waals surface area contributed by atoms with Crippen LogP contribution in [0.1, 0.15) is 33.2 Å². The van der Waals surface area contributed by atoms with E-state index in [9.17, 15) is 4.79 Å². The Kier molecular flexibility index (Phi) is 3.67. The maximum Gasteiger partial charge on any atom is 0.274 e. The van der Waals surface area contributed by atoms with Gasteiger partial charge >= 0.3 is 0 Å². The Balaban J connectivity index is 1.62. The molecular weight excluding hydrogens is 318 g/mol. The third-order valence-electron chi connectivity index (χ3n) is 4.30. The van der Waals surface area contributed by atoms with E-state index in [2.05, 4.69) is 20.5 Å². The molecule has 4 rings (SSSR count). The smallest absolute Gasteiger partial charge is 0.274 e. The van der Waals surface area contributed by atoms with Crippen LogP contribution in [-0.2, 0) is 4.74 Å². The number of ether oxygens (including phenoxy) is 1. The van der Waals surface area contributed by atoms with Crippen molar-refractivity contribution in [2.24, 2.45) is 0 Å². The van der Waals surface area contributed by atoms with Crippen molar-refractivity contribution in [3.05, 3.63) is 53.0 Å². The zero-order valence-electron chi connectivity index (χ0n) is 13.5. The van der Waals surface area contributed by atoms with Crippen LogP contribution < -0.4 is 5.32 Å². The summed E-state index contributed by atoms with van der Waals surface area (Å²) in [6, 6.07) is 9.28. The quantitative estimate of drug-likeness (QED) is 0.766. The van der Waals surface area contributed by atoms with Gasteiger partial charge in [-0.05, 0) is 36.8 Å². The predicted octanol–water partition coefficient (Wildman–Crippen LogP) is 2.50. The molecule has 1 aliphatic heterocycles. The number of H-pyrrole nitrogens is 1. The Labute approximate surface area is 143 Å². The monoisotopic (exact) mass is 333 g/mol. The standard InChI is InChI=1S/C18H15N5O2/c1-10-4-11(6-19)7-20-16(10)18(24)21-13-2-3-15-14(5-13)17(23-22-15)12-8-25-9-12/h2-5,7,12H,8-9H2,1H3,(H,21,24)(H,22,23). The average molecular weight is 333 g/mol. The summed E-state index contributed by atoms with van der Waals surface area (Å²) in [5.74, 6) is -0.0134. The topological polar surface area (TPSA) is 104 Å². The number of nitriles is 1. The molecule has 2 aromatic heterocycles. The Morgan fingerprint density at radius 2 is 2.24 bits per heavy atom. The number of benzene rings is 1. The number of hydrogen-bond donors (Lipinski definition) is 2. The number of pyridine rings is 1. The molecule has 1 aliphatic rings. The Hall–Kier alpha value is -3.24. The first kappa shape index (κ1) is 15.3. The van der Waals surface area contributed by atoms with Crippen molar-refractivity contribution in [2.45, 2.75) is 12.8 Å². The number of rotatable bonds is 3. The number of fused-ring (bicyclic) bond motifs is 1. The number of anilines is 1. The number of nitrogens with one attached hydrogen (secondary N) is 2. The summed E-state index contributed by atoms with van der Waals surface area (Å²) in [4.78, 5) is 16.6. The third kappa shape index (κ3) is 2.73. The fourth-order valence-corrected chi connectivity index (χ4v) is 2.88. The molecule has 0 bridgehead atoms. The Morgan fingerprint density at radius 3 is 2.92 bits per heavy atom. The van der Waals surface area contributed by atoms with Gasteiger partial charge in [-0.1, -0.05) is 0 Å². The summed E-state index contributed by atoms with van der Waals surface area (Å²) < 4.78 is 5.24. The van der Waals surface area contributed by atoms with E-state index in [1.807, 2.05) is 24.3 Å². The Morgan fingerprint density at radius 1 is 1.40 bits per heavy atom. The van der Waals surface area contributed by atoms with Gasteiger partial charge in [-0.3, -0.25) is 9.89 Å². The summed E-state index contributed by atoms with van der Waals surface area (Å²) in [6.45, 7) is 3.10. The molecule has 0 saturated carbocycles. The summed E-state index contributed by atoms with van der Waals surface area (Å²) in [7, 11) is 0. The number of aryl methyl sites for hydroxylation is 1.